The molecule has 2 aliphatic rings. The van der Waals surface area contributed by atoms with Crippen molar-refractivity contribution < 1.29 is 9.53 Å². The number of anilines is 2. The molecular weight excluding hydrogens is 458 g/mol. The number of benzene rings is 1. The number of methoxy groups -OCH3 is 1. The van der Waals surface area contributed by atoms with Crippen LogP contribution in [0.15, 0.2) is 61.1 Å². The Morgan fingerprint density at radius 1 is 1.17 bits per heavy atom. The van der Waals surface area contributed by atoms with Crippen molar-refractivity contribution in [2.75, 3.05) is 17.3 Å². The van der Waals surface area contributed by atoms with Crippen LogP contribution in [0.5, 0.6) is 5.75 Å². The molecule has 3 heterocycles. The number of carbonyl (C=O) groups is 1. The molecule has 7 nitrogen and oxygen atoms in total. The van der Waals surface area contributed by atoms with Crippen LogP contribution < -0.4 is 20.3 Å². The van der Waals surface area contributed by atoms with E-state index in [1.54, 1.807) is 7.11 Å². The van der Waals surface area contributed by atoms with Gasteiger partial charge in [-0.1, -0.05) is 25.3 Å². The third-order valence-electron chi connectivity index (χ3n) is 6.95. The Labute approximate surface area is 211 Å². The van der Waals surface area contributed by atoms with Gasteiger partial charge in [0.05, 0.1) is 30.6 Å². The maximum atomic E-state index is 11.8. The smallest absolute Gasteiger partial charge is 0.221 e. The molecule has 0 spiro atoms. The van der Waals surface area contributed by atoms with Gasteiger partial charge in [0.2, 0.25) is 5.91 Å². The number of carbonyl (C=O) groups excluding carboxylic acids is 1. The summed E-state index contributed by atoms with van der Waals surface area (Å²) in [5.41, 5.74) is 3.60. The highest BCUT2D eigenvalue weighted by atomic mass is 32.1. The first kappa shape index (κ1) is 23.4. The molecule has 1 aromatic carbocycles. The number of ether oxygens (including phenoxy) is 1. The molecular formula is C27H31N5O2S. The molecule has 0 radical (unpaired) electrons. The van der Waals surface area contributed by atoms with Crippen LogP contribution in [-0.4, -0.2) is 27.7 Å². The van der Waals surface area contributed by atoms with Gasteiger partial charge in [-0.3, -0.25) is 9.78 Å². The predicted molar refractivity (Wildman–Crippen MR) is 142 cm³/mol. The van der Waals surface area contributed by atoms with Crippen LogP contribution in [0.2, 0.25) is 0 Å². The van der Waals surface area contributed by atoms with Crippen molar-refractivity contribution in [1.29, 1.82) is 0 Å². The lowest BCUT2D eigenvalue weighted by Gasteiger charge is -2.28. The first-order valence-electron chi connectivity index (χ1n) is 12.2. The number of amides is 1. The Kier molecular flexibility index (Phi) is 6.72. The van der Waals surface area contributed by atoms with Gasteiger partial charge in [0.1, 0.15) is 5.75 Å². The number of nitrogens with one attached hydrogen (secondary N) is 2. The summed E-state index contributed by atoms with van der Waals surface area (Å²) in [6.07, 6.45) is 12.6. The molecule has 0 bridgehead atoms. The minimum Gasteiger partial charge on any atom is -0.495 e. The molecule has 8 heteroatoms. The third kappa shape index (κ3) is 4.75. The summed E-state index contributed by atoms with van der Waals surface area (Å²) in [6.45, 7) is 1.49. The van der Waals surface area contributed by atoms with E-state index in [-0.39, 0.29) is 18.0 Å². The first-order chi connectivity index (χ1) is 17.0. The van der Waals surface area contributed by atoms with Gasteiger partial charge in [0, 0.05) is 37.2 Å². The standard InChI is InChI=1S/C27H31N5O2S/c1-18(33)29-23-16-21(11-12-24(23)34-2)32-26(25(30-27(32)35)22-10-6-7-14-28-22)19-13-15-31(17-19)20-8-4-3-5-9-20/h6-7,10-17,20,25-26H,3-5,8-9H2,1-2H3,(H,29,33)(H,30,35)/t25-,26-/m1/s1. The lowest BCUT2D eigenvalue weighted by Crippen LogP contribution is -2.29. The topological polar surface area (TPSA) is 71.4 Å². The Bertz CT molecular complexity index is 1210. The average Bonchev–Trinajstić information content (AvgIpc) is 3.49. The molecule has 5 rings (SSSR count). The molecule has 0 unspecified atom stereocenters. The summed E-state index contributed by atoms with van der Waals surface area (Å²) < 4.78 is 7.84. The zero-order chi connectivity index (χ0) is 24.4. The van der Waals surface area contributed by atoms with Crippen LogP contribution in [0.25, 0.3) is 0 Å². The Morgan fingerprint density at radius 3 is 2.71 bits per heavy atom. The average molecular weight is 490 g/mol. The lowest BCUT2D eigenvalue weighted by atomic mass is 9.95. The first-order valence-corrected chi connectivity index (χ1v) is 12.6. The number of aromatic nitrogens is 2. The van der Waals surface area contributed by atoms with E-state index in [9.17, 15) is 4.79 Å². The van der Waals surface area contributed by atoms with Crippen LogP contribution in [0, 0.1) is 0 Å². The fourth-order valence-corrected chi connectivity index (χ4v) is 5.66. The fraction of sp³-hybridized carbons (Fsp3) is 0.370. The molecule has 1 aliphatic carbocycles. The molecule has 1 saturated heterocycles. The van der Waals surface area contributed by atoms with E-state index in [0.717, 1.165) is 11.4 Å². The molecule has 2 aromatic heterocycles. The minimum absolute atomic E-state index is 0.0965. The highest BCUT2D eigenvalue weighted by Crippen LogP contribution is 2.43. The quantitative estimate of drug-likeness (QED) is 0.444. The Balaban J connectivity index is 1.56. The van der Waals surface area contributed by atoms with E-state index in [4.69, 9.17) is 17.0 Å². The van der Waals surface area contributed by atoms with E-state index in [0.29, 0.717) is 22.6 Å². The second-order valence-electron chi connectivity index (χ2n) is 9.25. The summed E-state index contributed by atoms with van der Waals surface area (Å²) in [5.74, 6) is 0.443. The van der Waals surface area contributed by atoms with E-state index >= 15 is 0 Å². The predicted octanol–water partition coefficient (Wildman–Crippen LogP) is 5.53. The Hall–Kier alpha value is -3.39. The highest BCUT2D eigenvalue weighted by Gasteiger charge is 2.41. The minimum atomic E-state index is -0.157. The molecule has 1 saturated carbocycles. The fourth-order valence-electron chi connectivity index (χ4n) is 5.32. The van der Waals surface area contributed by atoms with E-state index < -0.39 is 0 Å². The van der Waals surface area contributed by atoms with Crippen LogP contribution in [0.1, 0.15) is 68.4 Å². The molecule has 2 atom stereocenters. The van der Waals surface area contributed by atoms with Crippen molar-refractivity contribution in [1.82, 2.24) is 14.9 Å². The third-order valence-corrected chi connectivity index (χ3v) is 7.26. The zero-order valence-electron chi connectivity index (χ0n) is 20.1. The van der Waals surface area contributed by atoms with Crippen LogP contribution in [0.4, 0.5) is 11.4 Å². The zero-order valence-corrected chi connectivity index (χ0v) is 20.9. The maximum Gasteiger partial charge on any atom is 0.221 e. The highest BCUT2D eigenvalue weighted by molar-refractivity contribution is 7.80. The van der Waals surface area contributed by atoms with Crippen molar-refractivity contribution in [2.24, 2.45) is 0 Å². The van der Waals surface area contributed by atoms with E-state index in [2.05, 4.69) is 43.5 Å². The summed E-state index contributed by atoms with van der Waals surface area (Å²) in [5, 5.41) is 7.01. The van der Waals surface area contributed by atoms with Crippen molar-refractivity contribution in [3.8, 4) is 5.75 Å². The van der Waals surface area contributed by atoms with Gasteiger partial charge < -0.3 is 24.8 Å². The van der Waals surface area contributed by atoms with Crippen molar-refractivity contribution >= 4 is 34.6 Å². The number of hydrogen-bond acceptors (Lipinski definition) is 4. The van der Waals surface area contributed by atoms with Gasteiger partial charge in [-0.25, -0.2) is 0 Å². The number of hydrogen-bond donors (Lipinski definition) is 2. The summed E-state index contributed by atoms with van der Waals surface area (Å²) in [6, 6.07) is 14.3. The molecule has 3 aromatic rings. The largest absolute Gasteiger partial charge is 0.495 e. The summed E-state index contributed by atoms with van der Waals surface area (Å²) >= 11 is 5.86. The summed E-state index contributed by atoms with van der Waals surface area (Å²) in [7, 11) is 1.59. The van der Waals surface area contributed by atoms with Crippen molar-refractivity contribution in [3.05, 3.63) is 72.3 Å². The van der Waals surface area contributed by atoms with E-state index in [1.807, 2.05) is 42.6 Å². The molecule has 182 valence electrons. The summed E-state index contributed by atoms with van der Waals surface area (Å²) in [4.78, 5) is 18.6. The van der Waals surface area contributed by atoms with E-state index in [1.165, 1.54) is 44.6 Å². The molecule has 1 aliphatic heterocycles. The second kappa shape index (κ2) is 10.1. The SMILES string of the molecule is COc1ccc(N2C(=S)N[C@H](c3ccccn3)[C@H]2c2ccn(C3CCCCC3)c2)cc1NC(C)=O. The number of thiocarbonyl (C=S) groups is 1. The maximum absolute atomic E-state index is 11.8. The molecule has 2 fully saturated rings. The van der Waals surface area contributed by atoms with Gasteiger partial charge in [-0.05, 0) is 67.0 Å². The van der Waals surface area contributed by atoms with Gasteiger partial charge in [-0.15, -0.1) is 0 Å². The van der Waals surface area contributed by atoms with Crippen LogP contribution in [0.3, 0.4) is 0 Å². The molecule has 2 N–H and O–H groups in total. The second-order valence-corrected chi connectivity index (χ2v) is 9.63. The molecule has 35 heavy (non-hydrogen) atoms. The van der Waals surface area contributed by atoms with Crippen molar-refractivity contribution in [3.63, 3.8) is 0 Å². The number of rotatable bonds is 6. The number of pyridine rings is 1. The van der Waals surface area contributed by atoms with Gasteiger partial charge in [-0.2, -0.15) is 0 Å². The van der Waals surface area contributed by atoms with Gasteiger partial charge in [0.15, 0.2) is 5.11 Å². The Morgan fingerprint density at radius 2 is 2.00 bits per heavy atom. The normalized spacial score (nSPS) is 20.5. The lowest BCUT2D eigenvalue weighted by molar-refractivity contribution is -0.114. The van der Waals surface area contributed by atoms with Crippen LogP contribution in [-0.2, 0) is 4.79 Å². The van der Waals surface area contributed by atoms with Gasteiger partial charge in [0.25, 0.3) is 0 Å². The number of nitrogens with zero attached hydrogens (tertiary/aromatic N) is 3. The van der Waals surface area contributed by atoms with Crippen molar-refractivity contribution in [2.45, 2.75) is 57.2 Å². The monoisotopic (exact) mass is 489 g/mol. The van der Waals surface area contributed by atoms with Gasteiger partial charge >= 0.3 is 0 Å². The van der Waals surface area contributed by atoms with Crippen LogP contribution >= 0.6 is 12.2 Å². The molecule has 1 amide bonds.